The Labute approximate surface area is 83.4 Å². The number of anilines is 1. The second-order valence-corrected chi connectivity index (χ2v) is 3.19. The molecule has 2 heterocycles. The predicted molar refractivity (Wildman–Crippen MR) is 48.9 cm³/mol. The molecule has 0 spiro atoms. The molecule has 0 saturated heterocycles. The van der Waals surface area contributed by atoms with Crippen molar-refractivity contribution in [1.29, 1.82) is 0 Å². The Morgan fingerprint density at radius 1 is 1.57 bits per heavy atom. The maximum absolute atomic E-state index is 11.2. The Morgan fingerprint density at radius 2 is 2.29 bits per heavy atom. The average molecular weight is 216 g/mol. The molecule has 6 nitrogen and oxygen atoms in total. The van der Waals surface area contributed by atoms with Crippen LogP contribution in [0, 0.1) is 0 Å². The molecule has 14 heavy (non-hydrogen) atoms. The highest BCUT2D eigenvalue weighted by molar-refractivity contribution is 6.29. The van der Waals surface area contributed by atoms with Gasteiger partial charge in [0, 0.05) is 19.2 Å². The van der Waals surface area contributed by atoms with E-state index in [1.54, 1.807) is 0 Å². The van der Waals surface area contributed by atoms with Crippen LogP contribution >= 0.6 is 11.6 Å². The quantitative estimate of drug-likeness (QED) is 0.636. The molecule has 1 aromatic heterocycles. The van der Waals surface area contributed by atoms with Gasteiger partial charge in [0.15, 0.2) is 0 Å². The van der Waals surface area contributed by atoms with Gasteiger partial charge in [-0.1, -0.05) is 11.6 Å². The lowest BCUT2D eigenvalue weighted by Gasteiger charge is -2.10. The SMILES string of the molecule is O=C(O)N1CCn2c1cc(Cl)nc2=O. The van der Waals surface area contributed by atoms with E-state index < -0.39 is 11.8 Å². The summed E-state index contributed by atoms with van der Waals surface area (Å²) in [5.74, 6) is 0.280. The highest BCUT2D eigenvalue weighted by Crippen LogP contribution is 2.20. The van der Waals surface area contributed by atoms with Crippen molar-refractivity contribution in [2.45, 2.75) is 6.54 Å². The summed E-state index contributed by atoms with van der Waals surface area (Å²) in [4.78, 5) is 26.5. The van der Waals surface area contributed by atoms with Crippen LogP contribution in [0.2, 0.25) is 5.15 Å². The summed E-state index contributed by atoms with van der Waals surface area (Å²) < 4.78 is 1.28. The normalized spacial score (nSPS) is 14.2. The van der Waals surface area contributed by atoms with E-state index in [0.29, 0.717) is 6.54 Å². The van der Waals surface area contributed by atoms with Crippen LogP contribution in [-0.4, -0.2) is 27.3 Å². The Bertz CT molecular complexity index is 456. The fourth-order valence-corrected chi connectivity index (χ4v) is 1.58. The van der Waals surface area contributed by atoms with Gasteiger partial charge in [-0.25, -0.2) is 9.59 Å². The van der Waals surface area contributed by atoms with E-state index in [0.717, 1.165) is 4.90 Å². The average Bonchev–Trinajstić information content (AvgIpc) is 2.47. The first kappa shape index (κ1) is 9.01. The van der Waals surface area contributed by atoms with Crippen LogP contribution in [-0.2, 0) is 6.54 Å². The van der Waals surface area contributed by atoms with Gasteiger partial charge in [0.2, 0.25) is 0 Å². The highest BCUT2D eigenvalue weighted by atomic mass is 35.5. The second kappa shape index (κ2) is 2.98. The van der Waals surface area contributed by atoms with Crippen LogP contribution < -0.4 is 10.6 Å². The van der Waals surface area contributed by atoms with E-state index in [9.17, 15) is 9.59 Å². The van der Waals surface area contributed by atoms with Gasteiger partial charge in [0.25, 0.3) is 0 Å². The minimum absolute atomic E-state index is 0.00870. The van der Waals surface area contributed by atoms with Crippen LogP contribution in [0.4, 0.5) is 10.6 Å². The van der Waals surface area contributed by atoms with Crippen molar-refractivity contribution in [2.75, 3.05) is 11.4 Å². The fraction of sp³-hybridized carbons (Fsp3) is 0.286. The van der Waals surface area contributed by atoms with Crippen molar-refractivity contribution in [1.82, 2.24) is 9.55 Å². The van der Waals surface area contributed by atoms with Crippen LogP contribution in [0.1, 0.15) is 0 Å². The first-order valence-electron chi connectivity index (χ1n) is 3.87. The van der Waals surface area contributed by atoms with E-state index >= 15 is 0 Å². The second-order valence-electron chi connectivity index (χ2n) is 2.81. The molecule has 1 aliphatic rings. The van der Waals surface area contributed by atoms with Gasteiger partial charge in [0.1, 0.15) is 11.0 Å². The largest absolute Gasteiger partial charge is 0.465 e. The zero-order valence-corrected chi connectivity index (χ0v) is 7.73. The lowest BCUT2D eigenvalue weighted by molar-refractivity contribution is 0.202. The number of aromatic nitrogens is 2. The van der Waals surface area contributed by atoms with Gasteiger partial charge >= 0.3 is 11.8 Å². The minimum atomic E-state index is -1.10. The van der Waals surface area contributed by atoms with Crippen molar-refractivity contribution in [3.63, 3.8) is 0 Å². The molecule has 0 atom stereocenters. The molecule has 0 unspecified atom stereocenters. The van der Waals surface area contributed by atoms with Gasteiger partial charge < -0.3 is 5.11 Å². The van der Waals surface area contributed by atoms with Crippen molar-refractivity contribution in [2.24, 2.45) is 0 Å². The molecule has 7 heteroatoms. The lowest BCUT2D eigenvalue weighted by Crippen LogP contribution is -2.27. The number of hydrogen-bond acceptors (Lipinski definition) is 3. The van der Waals surface area contributed by atoms with Crippen molar-refractivity contribution >= 4 is 23.5 Å². The minimum Gasteiger partial charge on any atom is -0.465 e. The molecule has 0 aromatic carbocycles. The third kappa shape index (κ3) is 1.24. The first-order chi connectivity index (χ1) is 6.59. The van der Waals surface area contributed by atoms with E-state index in [4.69, 9.17) is 16.7 Å². The zero-order valence-electron chi connectivity index (χ0n) is 6.97. The van der Waals surface area contributed by atoms with E-state index in [1.807, 2.05) is 0 Å². The van der Waals surface area contributed by atoms with E-state index in [1.165, 1.54) is 10.6 Å². The fourth-order valence-electron chi connectivity index (χ4n) is 1.41. The zero-order chi connectivity index (χ0) is 10.3. The molecule has 0 saturated carbocycles. The maximum atomic E-state index is 11.2. The monoisotopic (exact) mass is 215 g/mol. The molecule has 0 bridgehead atoms. The molecule has 0 aliphatic carbocycles. The molecule has 0 radical (unpaired) electrons. The smallest absolute Gasteiger partial charge is 0.413 e. The molecular formula is C7H6ClN3O3. The lowest BCUT2D eigenvalue weighted by atomic mass is 10.5. The molecule has 0 fully saturated rings. The van der Waals surface area contributed by atoms with Gasteiger partial charge in [-0.05, 0) is 0 Å². The number of fused-ring (bicyclic) bond motifs is 1. The summed E-state index contributed by atoms with van der Waals surface area (Å²) in [5.41, 5.74) is -0.517. The number of hydrogen-bond donors (Lipinski definition) is 1. The number of nitrogens with zero attached hydrogens (tertiary/aromatic N) is 3. The molecule has 2 rings (SSSR count). The van der Waals surface area contributed by atoms with Crippen molar-refractivity contribution in [3.05, 3.63) is 21.7 Å². The summed E-state index contributed by atoms with van der Waals surface area (Å²) in [6, 6.07) is 1.37. The third-order valence-corrected chi connectivity index (χ3v) is 2.21. The summed E-state index contributed by atoms with van der Waals surface area (Å²) in [6.45, 7) is 0.581. The number of carbonyl (C=O) groups is 1. The summed E-state index contributed by atoms with van der Waals surface area (Å²) in [7, 11) is 0. The Morgan fingerprint density at radius 3 is 2.93 bits per heavy atom. The number of carboxylic acid groups (broad SMARTS) is 1. The standard InChI is InChI=1S/C7H6ClN3O3/c8-4-3-5-10(6(12)9-4)1-2-11(5)7(13)14/h3H,1-2H2,(H,13,14). The topological polar surface area (TPSA) is 75.4 Å². The van der Waals surface area contributed by atoms with E-state index in [2.05, 4.69) is 4.98 Å². The first-order valence-corrected chi connectivity index (χ1v) is 4.25. The van der Waals surface area contributed by atoms with Crippen molar-refractivity contribution < 1.29 is 9.90 Å². The summed E-state index contributed by atoms with van der Waals surface area (Å²) in [5, 5.41) is 8.80. The molecule has 1 N–H and O–H groups in total. The predicted octanol–water partition coefficient (Wildman–Crippen LogP) is 0.395. The number of rotatable bonds is 0. The van der Waals surface area contributed by atoms with Crippen molar-refractivity contribution in [3.8, 4) is 0 Å². The number of amides is 1. The molecule has 74 valence electrons. The maximum Gasteiger partial charge on any atom is 0.413 e. The number of halogens is 1. The van der Waals surface area contributed by atoms with Gasteiger partial charge in [-0.2, -0.15) is 4.98 Å². The Kier molecular flexibility index (Phi) is 1.92. The Hall–Kier alpha value is -1.56. The van der Waals surface area contributed by atoms with Gasteiger partial charge in [-0.3, -0.25) is 9.47 Å². The van der Waals surface area contributed by atoms with Gasteiger partial charge in [0.05, 0.1) is 0 Å². The Balaban J connectivity index is 2.60. The molecular weight excluding hydrogens is 210 g/mol. The summed E-state index contributed by atoms with van der Waals surface area (Å²) >= 11 is 5.55. The van der Waals surface area contributed by atoms with Gasteiger partial charge in [-0.15, -0.1) is 0 Å². The summed E-state index contributed by atoms with van der Waals surface area (Å²) in [6.07, 6.45) is -1.10. The molecule has 1 amide bonds. The van der Waals surface area contributed by atoms with Crippen LogP contribution in [0.15, 0.2) is 10.9 Å². The molecule has 1 aromatic rings. The van der Waals surface area contributed by atoms with Crippen LogP contribution in [0.5, 0.6) is 0 Å². The third-order valence-electron chi connectivity index (χ3n) is 2.01. The highest BCUT2D eigenvalue weighted by Gasteiger charge is 2.25. The van der Waals surface area contributed by atoms with E-state index in [-0.39, 0.29) is 17.5 Å². The van der Waals surface area contributed by atoms with Crippen LogP contribution in [0.3, 0.4) is 0 Å². The molecule has 1 aliphatic heterocycles. The van der Waals surface area contributed by atoms with Crippen LogP contribution in [0.25, 0.3) is 0 Å².